The quantitative estimate of drug-likeness (QED) is 0.810. The van der Waals surface area contributed by atoms with E-state index in [0.717, 1.165) is 33.5 Å². The summed E-state index contributed by atoms with van der Waals surface area (Å²) in [6.45, 7) is 5.61. The summed E-state index contributed by atoms with van der Waals surface area (Å²) in [5.41, 5.74) is 2.10. The van der Waals surface area contributed by atoms with E-state index in [9.17, 15) is 15.0 Å². The number of nitrogens with one attached hydrogen (secondary N) is 1. The molecule has 0 radical (unpaired) electrons. The van der Waals surface area contributed by atoms with Gasteiger partial charge in [0.2, 0.25) is 0 Å². The Morgan fingerprint density at radius 2 is 2.19 bits per heavy atom. The van der Waals surface area contributed by atoms with Crippen molar-refractivity contribution in [2.75, 3.05) is 0 Å². The summed E-state index contributed by atoms with van der Waals surface area (Å²) in [6, 6.07) is 3.58. The first-order chi connectivity index (χ1) is 9.79. The number of phenols is 1. The second kappa shape index (κ2) is 4.70. The van der Waals surface area contributed by atoms with Gasteiger partial charge in [0, 0.05) is 38.7 Å². The maximum absolute atomic E-state index is 11.4. The summed E-state index contributed by atoms with van der Waals surface area (Å²) in [6.07, 6.45) is 1.28. The number of hydrogen-bond acceptors (Lipinski definition) is 3. The van der Waals surface area contributed by atoms with E-state index >= 15 is 0 Å². The molecule has 0 aliphatic carbocycles. The number of carboxylic acids is 1. The molecule has 1 unspecified atom stereocenters. The number of aromatic nitrogens is 1. The van der Waals surface area contributed by atoms with Crippen LogP contribution in [0, 0.1) is 5.41 Å². The van der Waals surface area contributed by atoms with E-state index in [1.807, 2.05) is 6.07 Å². The van der Waals surface area contributed by atoms with Crippen LogP contribution in [0.25, 0.3) is 10.9 Å². The second-order valence-corrected chi connectivity index (χ2v) is 7.87. The monoisotopic (exact) mass is 305 g/mol. The Morgan fingerprint density at radius 1 is 1.48 bits per heavy atom. The van der Waals surface area contributed by atoms with Crippen LogP contribution in [-0.4, -0.2) is 26.4 Å². The average Bonchev–Trinajstić information content (AvgIpc) is 2.72. The van der Waals surface area contributed by atoms with Crippen LogP contribution in [0.1, 0.15) is 32.0 Å². The summed E-state index contributed by atoms with van der Waals surface area (Å²) in [5, 5.41) is 20.9. The van der Waals surface area contributed by atoms with Gasteiger partial charge in [-0.3, -0.25) is 4.79 Å². The third-order valence-electron chi connectivity index (χ3n) is 4.08. The number of aromatic amines is 1. The van der Waals surface area contributed by atoms with Gasteiger partial charge < -0.3 is 15.2 Å². The number of hydrogen-bond donors (Lipinski definition) is 3. The first kappa shape index (κ1) is 14.3. The Kier molecular flexibility index (Phi) is 3.20. The minimum Gasteiger partial charge on any atom is -0.508 e. The Labute approximate surface area is 127 Å². The van der Waals surface area contributed by atoms with Crippen LogP contribution in [-0.2, 0) is 17.6 Å². The normalized spacial score (nSPS) is 18.1. The van der Waals surface area contributed by atoms with Gasteiger partial charge in [-0.1, -0.05) is 6.92 Å². The van der Waals surface area contributed by atoms with Crippen molar-refractivity contribution in [1.29, 1.82) is 0 Å². The van der Waals surface area contributed by atoms with Crippen LogP contribution in [0.15, 0.2) is 17.0 Å². The zero-order valence-corrected chi connectivity index (χ0v) is 13.2. The predicted octanol–water partition coefficient (Wildman–Crippen LogP) is 3.56. The molecule has 2 heterocycles. The molecule has 5 heteroatoms. The largest absolute Gasteiger partial charge is 0.508 e. The number of aromatic hydroxyl groups is 1. The third kappa shape index (κ3) is 2.29. The van der Waals surface area contributed by atoms with Crippen LogP contribution in [0.2, 0.25) is 0 Å². The number of carboxylic acid groups (broad SMARTS) is 1. The van der Waals surface area contributed by atoms with E-state index in [4.69, 9.17) is 0 Å². The molecule has 1 atom stereocenters. The van der Waals surface area contributed by atoms with Gasteiger partial charge in [-0.2, -0.15) is 0 Å². The van der Waals surface area contributed by atoms with Crippen LogP contribution in [0.4, 0.5) is 0 Å². The molecule has 1 aromatic heterocycles. The fraction of sp³-hybridized carbons (Fsp3) is 0.438. The summed E-state index contributed by atoms with van der Waals surface area (Å²) in [5.74, 6) is -0.468. The summed E-state index contributed by atoms with van der Waals surface area (Å²) >= 11 is 1.76. The lowest BCUT2D eigenvalue weighted by atomic mass is 9.88. The second-order valence-electron chi connectivity index (χ2n) is 6.42. The number of phenolic OH excluding ortho intramolecular Hbond substituents is 1. The highest BCUT2D eigenvalue weighted by atomic mass is 32.2. The lowest BCUT2D eigenvalue weighted by Crippen LogP contribution is -2.26. The molecule has 3 N–H and O–H groups in total. The Hall–Kier alpha value is -1.62. The van der Waals surface area contributed by atoms with Crippen molar-refractivity contribution in [3.63, 3.8) is 0 Å². The molecule has 3 rings (SSSR count). The standard InChI is InChI=1S/C16H19NO3S/c1-8-6-9-12(18)5-4-10-13(9)14(21-8)11(17-10)7-16(2,3)15(19)20/h4-5,8,17-18H,6-7H2,1-3H3,(H,19,20). The van der Waals surface area contributed by atoms with Crippen molar-refractivity contribution < 1.29 is 15.0 Å². The van der Waals surface area contributed by atoms with Crippen molar-refractivity contribution in [3.8, 4) is 5.75 Å². The Morgan fingerprint density at radius 3 is 2.86 bits per heavy atom. The minimum absolute atomic E-state index is 0.332. The molecule has 0 saturated heterocycles. The molecule has 0 fully saturated rings. The zero-order chi connectivity index (χ0) is 15.4. The molecular formula is C16H19NO3S. The highest BCUT2D eigenvalue weighted by Gasteiger charge is 2.32. The number of rotatable bonds is 3. The molecule has 112 valence electrons. The van der Waals surface area contributed by atoms with Crippen LogP contribution >= 0.6 is 11.8 Å². The number of H-pyrrole nitrogens is 1. The Bertz CT molecular complexity index is 733. The highest BCUT2D eigenvalue weighted by Crippen LogP contribution is 2.46. The molecule has 2 aromatic rings. The van der Waals surface area contributed by atoms with Crippen molar-refractivity contribution in [2.45, 2.75) is 43.8 Å². The molecule has 1 aliphatic heterocycles. The SMILES string of the molecule is CC1Cc2c(O)ccc3[nH]c(CC(C)(C)C(=O)O)c(c23)S1. The predicted molar refractivity (Wildman–Crippen MR) is 84.1 cm³/mol. The van der Waals surface area contributed by atoms with Crippen molar-refractivity contribution >= 4 is 28.6 Å². The van der Waals surface area contributed by atoms with Gasteiger partial charge in [0.05, 0.1) is 5.41 Å². The van der Waals surface area contributed by atoms with E-state index in [2.05, 4.69) is 11.9 Å². The van der Waals surface area contributed by atoms with Gasteiger partial charge in [-0.05, 0) is 32.4 Å². The topological polar surface area (TPSA) is 73.3 Å². The van der Waals surface area contributed by atoms with Crippen molar-refractivity contribution in [2.24, 2.45) is 5.41 Å². The van der Waals surface area contributed by atoms with Gasteiger partial charge in [-0.15, -0.1) is 11.8 Å². The Balaban J connectivity index is 2.16. The summed E-state index contributed by atoms with van der Waals surface area (Å²) in [7, 11) is 0. The van der Waals surface area contributed by atoms with Crippen LogP contribution in [0.5, 0.6) is 5.75 Å². The van der Waals surface area contributed by atoms with Crippen LogP contribution < -0.4 is 0 Å². The van der Waals surface area contributed by atoms with E-state index in [-0.39, 0.29) is 0 Å². The average molecular weight is 305 g/mol. The van der Waals surface area contributed by atoms with E-state index in [1.165, 1.54) is 0 Å². The lowest BCUT2D eigenvalue weighted by Gasteiger charge is -2.22. The van der Waals surface area contributed by atoms with Crippen molar-refractivity contribution in [3.05, 3.63) is 23.4 Å². The number of thioether (sulfide) groups is 1. The van der Waals surface area contributed by atoms with E-state index < -0.39 is 11.4 Å². The molecule has 1 aliphatic rings. The van der Waals surface area contributed by atoms with Gasteiger partial charge in [0.15, 0.2) is 0 Å². The minimum atomic E-state index is -0.819. The third-order valence-corrected chi connectivity index (χ3v) is 5.34. The molecule has 1 aromatic carbocycles. The number of aliphatic carboxylic acids is 1. The van der Waals surface area contributed by atoms with E-state index in [0.29, 0.717) is 17.4 Å². The van der Waals surface area contributed by atoms with Gasteiger partial charge >= 0.3 is 5.97 Å². The summed E-state index contributed by atoms with van der Waals surface area (Å²) in [4.78, 5) is 15.8. The number of benzene rings is 1. The van der Waals surface area contributed by atoms with Gasteiger partial charge in [0.25, 0.3) is 0 Å². The molecule has 0 amide bonds. The van der Waals surface area contributed by atoms with E-state index in [1.54, 1.807) is 31.7 Å². The molecule has 0 saturated carbocycles. The maximum Gasteiger partial charge on any atom is 0.309 e. The maximum atomic E-state index is 11.4. The zero-order valence-electron chi connectivity index (χ0n) is 12.4. The molecular weight excluding hydrogens is 286 g/mol. The molecule has 21 heavy (non-hydrogen) atoms. The lowest BCUT2D eigenvalue weighted by molar-refractivity contribution is -0.146. The van der Waals surface area contributed by atoms with Gasteiger partial charge in [0.1, 0.15) is 5.75 Å². The fourth-order valence-corrected chi connectivity index (χ4v) is 4.15. The molecule has 0 bridgehead atoms. The molecule has 0 spiro atoms. The molecule has 4 nitrogen and oxygen atoms in total. The smallest absolute Gasteiger partial charge is 0.309 e. The first-order valence-corrected chi connectivity index (χ1v) is 7.93. The van der Waals surface area contributed by atoms with Crippen LogP contribution in [0.3, 0.4) is 0 Å². The number of carbonyl (C=O) groups is 1. The highest BCUT2D eigenvalue weighted by molar-refractivity contribution is 8.00. The first-order valence-electron chi connectivity index (χ1n) is 7.05. The van der Waals surface area contributed by atoms with Gasteiger partial charge in [-0.25, -0.2) is 0 Å². The fourth-order valence-electron chi connectivity index (χ4n) is 2.88. The summed E-state index contributed by atoms with van der Waals surface area (Å²) < 4.78 is 0. The van der Waals surface area contributed by atoms with Crippen molar-refractivity contribution in [1.82, 2.24) is 4.98 Å².